The molecule has 1 saturated carbocycles. The maximum atomic E-state index is 13.2. The average Bonchev–Trinajstić information content (AvgIpc) is 3.31. The second-order valence-corrected chi connectivity index (χ2v) is 8.20. The van der Waals surface area contributed by atoms with E-state index in [1.165, 1.54) is 4.90 Å². The van der Waals surface area contributed by atoms with E-state index in [-0.39, 0.29) is 30.8 Å². The molecule has 7 nitrogen and oxygen atoms in total. The van der Waals surface area contributed by atoms with E-state index in [0.29, 0.717) is 0 Å². The molecule has 2 N–H and O–H groups in total. The molecular weight excluding hydrogens is 344 g/mol. The molecule has 2 heterocycles. The van der Waals surface area contributed by atoms with Crippen LogP contribution in [0.25, 0.3) is 4.85 Å². The van der Waals surface area contributed by atoms with Crippen LogP contribution in [0.2, 0.25) is 0 Å². The molecule has 7 heteroatoms. The molecule has 27 heavy (non-hydrogen) atoms. The summed E-state index contributed by atoms with van der Waals surface area (Å²) < 4.78 is 0. The fourth-order valence-corrected chi connectivity index (χ4v) is 3.99. The predicted octanol–water partition coefficient (Wildman–Crippen LogP) is 1.66. The van der Waals surface area contributed by atoms with E-state index in [9.17, 15) is 14.4 Å². The average molecular weight is 366 g/mol. The van der Waals surface area contributed by atoms with Crippen molar-refractivity contribution >= 4 is 23.4 Å². The highest BCUT2D eigenvalue weighted by atomic mass is 16.2. The fourth-order valence-electron chi connectivity index (χ4n) is 3.99. The number of rotatable bonds is 3. The summed E-state index contributed by atoms with van der Waals surface area (Å²) in [4.78, 5) is 43.6. The second kappa shape index (κ2) is 5.81. The lowest BCUT2D eigenvalue weighted by atomic mass is 9.80. The van der Waals surface area contributed by atoms with Gasteiger partial charge in [-0.05, 0) is 38.3 Å². The van der Waals surface area contributed by atoms with Crippen LogP contribution in [0.15, 0.2) is 24.3 Å². The van der Waals surface area contributed by atoms with Crippen LogP contribution in [0.5, 0.6) is 0 Å². The molecule has 1 aliphatic carbocycles. The van der Waals surface area contributed by atoms with Crippen LogP contribution in [0.3, 0.4) is 0 Å². The van der Waals surface area contributed by atoms with Gasteiger partial charge in [0.1, 0.15) is 10.8 Å². The van der Waals surface area contributed by atoms with Gasteiger partial charge in [-0.3, -0.25) is 24.1 Å². The van der Waals surface area contributed by atoms with E-state index in [1.54, 1.807) is 13.8 Å². The molecule has 1 saturated heterocycles. The third kappa shape index (κ3) is 2.59. The number of carbonyl (C=O) groups is 3. The molecule has 3 aliphatic rings. The number of nitrogens with one attached hydrogen (secondary N) is 2. The van der Waals surface area contributed by atoms with E-state index >= 15 is 0 Å². The quantitative estimate of drug-likeness (QED) is 0.630. The zero-order valence-corrected chi connectivity index (χ0v) is 15.4. The Labute approximate surface area is 157 Å². The number of carbonyl (C=O) groups excluding carboxylic acids is 3. The van der Waals surface area contributed by atoms with Crippen molar-refractivity contribution in [2.24, 2.45) is 5.41 Å². The standard InChI is InChI=1S/C20H22N4O3/c1-19(2,16(25)22-12-8-9-12)18(27)24-11-20(10-15(24)21-3)13-6-4-5-7-14(13)23-17(20)26/h4-7,12,15H,8-11H2,1-2H3,(H,22,25)(H,23,26)/t15-,20-/m0/s1. The van der Waals surface area contributed by atoms with Crippen molar-refractivity contribution in [2.45, 2.75) is 50.7 Å². The third-order valence-corrected chi connectivity index (χ3v) is 5.88. The van der Waals surface area contributed by atoms with Crippen molar-refractivity contribution in [1.82, 2.24) is 10.2 Å². The van der Waals surface area contributed by atoms with E-state index in [4.69, 9.17) is 6.57 Å². The van der Waals surface area contributed by atoms with Gasteiger partial charge < -0.3 is 10.6 Å². The van der Waals surface area contributed by atoms with E-state index < -0.39 is 22.9 Å². The van der Waals surface area contributed by atoms with Crippen LogP contribution >= 0.6 is 0 Å². The summed E-state index contributed by atoms with van der Waals surface area (Å²) in [5, 5.41) is 5.74. The Morgan fingerprint density at radius 1 is 1.33 bits per heavy atom. The summed E-state index contributed by atoms with van der Waals surface area (Å²) >= 11 is 0. The van der Waals surface area contributed by atoms with Crippen LogP contribution < -0.4 is 10.6 Å². The molecule has 140 valence electrons. The van der Waals surface area contributed by atoms with E-state index in [0.717, 1.165) is 24.1 Å². The SMILES string of the molecule is [C-]#[N+][C@@H]1C[C@@]2(CN1C(=O)C(C)(C)C(=O)NC1CC1)C(=O)Nc1ccccc12. The Bertz CT molecular complexity index is 883. The van der Waals surface area contributed by atoms with Gasteiger partial charge in [0.2, 0.25) is 17.7 Å². The molecule has 1 aromatic carbocycles. The lowest BCUT2D eigenvalue weighted by Gasteiger charge is -2.29. The van der Waals surface area contributed by atoms with Gasteiger partial charge in [0.05, 0.1) is 6.42 Å². The Morgan fingerprint density at radius 2 is 2.04 bits per heavy atom. The molecule has 2 atom stereocenters. The summed E-state index contributed by atoms with van der Waals surface area (Å²) in [5.41, 5.74) is -0.665. The summed E-state index contributed by atoms with van der Waals surface area (Å²) in [7, 11) is 0. The second-order valence-electron chi connectivity index (χ2n) is 8.20. The van der Waals surface area contributed by atoms with Crippen molar-refractivity contribution in [3.63, 3.8) is 0 Å². The van der Waals surface area contributed by atoms with Crippen LogP contribution in [0, 0.1) is 12.0 Å². The van der Waals surface area contributed by atoms with Crippen molar-refractivity contribution in [3.05, 3.63) is 41.2 Å². The normalized spacial score (nSPS) is 26.5. The van der Waals surface area contributed by atoms with Gasteiger partial charge in [0.15, 0.2) is 0 Å². The van der Waals surface area contributed by atoms with Gasteiger partial charge in [-0.15, -0.1) is 0 Å². The highest BCUT2D eigenvalue weighted by molar-refractivity contribution is 6.09. The Kier molecular flexibility index (Phi) is 3.77. The highest BCUT2D eigenvalue weighted by Gasteiger charge is 2.60. The highest BCUT2D eigenvalue weighted by Crippen LogP contribution is 2.47. The zero-order valence-electron chi connectivity index (χ0n) is 15.4. The molecule has 0 bridgehead atoms. The Balaban J connectivity index is 1.64. The monoisotopic (exact) mass is 366 g/mol. The summed E-state index contributed by atoms with van der Waals surface area (Å²) in [6.07, 6.45) is 1.35. The molecule has 0 unspecified atom stereocenters. The summed E-state index contributed by atoms with van der Waals surface area (Å²) in [5.74, 6) is -0.917. The number of hydrogen-bond donors (Lipinski definition) is 2. The number of para-hydroxylation sites is 1. The van der Waals surface area contributed by atoms with Crippen molar-refractivity contribution in [2.75, 3.05) is 11.9 Å². The number of benzene rings is 1. The van der Waals surface area contributed by atoms with E-state index in [2.05, 4.69) is 15.5 Å². The number of likely N-dealkylation sites (tertiary alicyclic amines) is 1. The molecule has 1 spiro atoms. The maximum Gasteiger partial charge on any atom is 0.302 e. The molecule has 4 rings (SSSR count). The van der Waals surface area contributed by atoms with Crippen molar-refractivity contribution < 1.29 is 14.4 Å². The summed E-state index contributed by atoms with van der Waals surface area (Å²) in [6, 6.07) is 7.54. The van der Waals surface area contributed by atoms with Gasteiger partial charge >= 0.3 is 6.17 Å². The van der Waals surface area contributed by atoms with Gasteiger partial charge in [-0.1, -0.05) is 18.2 Å². The van der Waals surface area contributed by atoms with Gasteiger partial charge in [0.25, 0.3) is 0 Å². The molecular formula is C20H22N4O3. The molecule has 0 aromatic heterocycles. The number of nitrogens with zero attached hydrogens (tertiary/aromatic N) is 2. The lowest BCUT2D eigenvalue weighted by Crippen LogP contribution is -2.51. The molecule has 2 fully saturated rings. The minimum absolute atomic E-state index is 0.113. The lowest BCUT2D eigenvalue weighted by molar-refractivity contribution is -0.148. The molecule has 1 aromatic rings. The number of anilines is 1. The molecule has 0 radical (unpaired) electrons. The van der Waals surface area contributed by atoms with Gasteiger partial charge in [0, 0.05) is 18.3 Å². The Morgan fingerprint density at radius 3 is 2.70 bits per heavy atom. The number of fused-ring (bicyclic) bond motifs is 2. The van der Waals surface area contributed by atoms with Gasteiger partial charge in [-0.2, -0.15) is 0 Å². The number of hydrogen-bond acceptors (Lipinski definition) is 3. The van der Waals surface area contributed by atoms with Crippen molar-refractivity contribution in [3.8, 4) is 0 Å². The fraction of sp³-hybridized carbons (Fsp3) is 0.500. The topological polar surface area (TPSA) is 82.9 Å². The largest absolute Gasteiger partial charge is 0.352 e. The first-order valence-corrected chi connectivity index (χ1v) is 9.19. The van der Waals surface area contributed by atoms with Crippen LogP contribution in [-0.4, -0.2) is 41.4 Å². The smallest absolute Gasteiger partial charge is 0.302 e. The third-order valence-electron chi connectivity index (χ3n) is 5.88. The number of amides is 3. The van der Waals surface area contributed by atoms with E-state index in [1.807, 2.05) is 24.3 Å². The first-order chi connectivity index (χ1) is 12.8. The zero-order chi connectivity index (χ0) is 19.4. The van der Waals surface area contributed by atoms with Crippen molar-refractivity contribution in [1.29, 1.82) is 0 Å². The predicted molar refractivity (Wildman–Crippen MR) is 98.4 cm³/mol. The minimum Gasteiger partial charge on any atom is -0.352 e. The minimum atomic E-state index is -1.29. The summed E-state index contributed by atoms with van der Waals surface area (Å²) in [6.45, 7) is 10.8. The Hall–Kier alpha value is -2.88. The van der Waals surface area contributed by atoms with Gasteiger partial charge in [-0.25, -0.2) is 6.57 Å². The first kappa shape index (κ1) is 17.5. The van der Waals surface area contributed by atoms with Crippen LogP contribution in [0.1, 0.15) is 38.7 Å². The van der Waals surface area contributed by atoms with Crippen LogP contribution in [-0.2, 0) is 19.8 Å². The first-order valence-electron chi connectivity index (χ1n) is 9.19. The molecule has 3 amide bonds. The maximum absolute atomic E-state index is 13.2. The van der Waals surface area contributed by atoms with Crippen LogP contribution in [0.4, 0.5) is 5.69 Å². The molecule has 2 aliphatic heterocycles.